The lowest BCUT2D eigenvalue weighted by atomic mass is 9.67. The molecule has 2 amide bonds. The smallest absolute Gasteiger partial charge is 0.244 e. The van der Waals surface area contributed by atoms with Crippen molar-refractivity contribution in [2.75, 3.05) is 6.54 Å². The Morgan fingerprint density at radius 1 is 1.10 bits per heavy atom. The average molecular weight is 597 g/mol. The topological polar surface area (TPSA) is 116 Å². The number of amides is 2. The summed E-state index contributed by atoms with van der Waals surface area (Å²) in [5, 5.41) is 10.4. The fraction of sp³-hybridized carbons (Fsp3) is 0.500. The van der Waals surface area contributed by atoms with Gasteiger partial charge >= 0.3 is 0 Å². The monoisotopic (exact) mass is 595 g/mol. The summed E-state index contributed by atoms with van der Waals surface area (Å²) in [5.74, 6) is -1.24. The van der Waals surface area contributed by atoms with Crippen molar-refractivity contribution in [2.24, 2.45) is 5.41 Å². The predicted octanol–water partition coefficient (Wildman–Crippen LogP) is 5.20. The Labute approximate surface area is 240 Å². The number of nitrogens with one attached hydrogen (secondary N) is 2. The Morgan fingerprint density at radius 2 is 1.77 bits per heavy atom. The van der Waals surface area contributed by atoms with Crippen molar-refractivity contribution >= 4 is 45.0 Å². The van der Waals surface area contributed by atoms with Crippen LogP contribution in [0.1, 0.15) is 76.0 Å². The van der Waals surface area contributed by atoms with E-state index >= 15 is 0 Å². The summed E-state index contributed by atoms with van der Waals surface area (Å²) in [5.41, 5.74) is 2.21. The van der Waals surface area contributed by atoms with Gasteiger partial charge in [-0.3, -0.25) is 14.8 Å². The van der Waals surface area contributed by atoms with Crippen molar-refractivity contribution < 1.29 is 23.2 Å². The molecular weight excluding hydrogens is 561 g/mol. The molecule has 8 nitrogen and oxygen atoms in total. The van der Waals surface area contributed by atoms with Crippen LogP contribution in [0.4, 0.5) is 0 Å². The molecule has 1 saturated carbocycles. The standard InChI is InChI=1S/C28H35Cl2N3O5S/c1-4-22(17-31-39(37,38)28(3)12-13-28)33-25(18-8-10-20(29)11-9-18)23(19-6-5-7-21(30)14-19)15-27(2,26(33)35)16-24(34)32-36/h5-11,14,22-23,25,31,36H,4,12-13,15-17H2,1-3H3,(H,32,34). The van der Waals surface area contributed by atoms with Gasteiger partial charge in [-0.25, -0.2) is 18.6 Å². The highest BCUT2D eigenvalue weighted by Crippen LogP contribution is 2.52. The molecule has 1 aliphatic heterocycles. The van der Waals surface area contributed by atoms with Gasteiger partial charge in [0, 0.05) is 35.0 Å². The third kappa shape index (κ3) is 6.12. The van der Waals surface area contributed by atoms with Crippen LogP contribution in [0.25, 0.3) is 0 Å². The molecule has 1 heterocycles. The number of likely N-dealkylation sites (tertiary alicyclic amines) is 1. The van der Waals surface area contributed by atoms with Gasteiger partial charge in [-0.05, 0) is 68.0 Å². The molecule has 39 heavy (non-hydrogen) atoms. The van der Waals surface area contributed by atoms with E-state index in [9.17, 15) is 23.2 Å². The van der Waals surface area contributed by atoms with Crippen LogP contribution < -0.4 is 10.2 Å². The molecule has 2 aromatic carbocycles. The Bertz CT molecular complexity index is 1330. The molecule has 1 aliphatic carbocycles. The van der Waals surface area contributed by atoms with Gasteiger partial charge in [0.05, 0.1) is 16.2 Å². The van der Waals surface area contributed by atoms with Gasteiger partial charge < -0.3 is 4.90 Å². The zero-order valence-electron chi connectivity index (χ0n) is 22.3. The van der Waals surface area contributed by atoms with E-state index in [-0.39, 0.29) is 24.8 Å². The summed E-state index contributed by atoms with van der Waals surface area (Å²) in [6.45, 7) is 5.38. The quantitative estimate of drug-likeness (QED) is 0.258. The lowest BCUT2D eigenvalue weighted by Crippen LogP contribution is -2.58. The highest BCUT2D eigenvalue weighted by atomic mass is 35.5. The summed E-state index contributed by atoms with van der Waals surface area (Å²) < 4.78 is 28.0. The minimum atomic E-state index is -3.58. The highest BCUT2D eigenvalue weighted by Gasteiger charge is 2.53. The van der Waals surface area contributed by atoms with Gasteiger partial charge in [0.15, 0.2) is 0 Å². The summed E-state index contributed by atoms with van der Waals surface area (Å²) in [4.78, 5) is 28.5. The molecule has 2 aromatic rings. The first-order valence-electron chi connectivity index (χ1n) is 13.1. The molecular formula is C28H35Cl2N3O5S. The van der Waals surface area contributed by atoms with E-state index in [1.807, 2.05) is 37.3 Å². The summed E-state index contributed by atoms with van der Waals surface area (Å²) in [6.07, 6.45) is 1.74. The molecule has 212 valence electrons. The van der Waals surface area contributed by atoms with E-state index < -0.39 is 38.2 Å². The van der Waals surface area contributed by atoms with Gasteiger partial charge in [-0.15, -0.1) is 0 Å². The molecule has 4 atom stereocenters. The van der Waals surface area contributed by atoms with Gasteiger partial charge in [0.2, 0.25) is 21.8 Å². The first-order valence-corrected chi connectivity index (χ1v) is 15.3. The summed E-state index contributed by atoms with van der Waals surface area (Å²) >= 11 is 12.6. The summed E-state index contributed by atoms with van der Waals surface area (Å²) in [7, 11) is -3.58. The molecule has 0 spiro atoms. The zero-order chi connectivity index (χ0) is 28.6. The van der Waals surface area contributed by atoms with E-state index in [2.05, 4.69) is 4.72 Å². The number of benzene rings is 2. The molecule has 2 fully saturated rings. The number of rotatable bonds is 10. The van der Waals surface area contributed by atoms with Crippen molar-refractivity contribution in [2.45, 2.75) is 75.6 Å². The number of carbonyl (C=O) groups excluding carboxylic acids is 2. The maximum Gasteiger partial charge on any atom is 0.244 e. The number of nitrogens with zero attached hydrogens (tertiary/aromatic N) is 1. The van der Waals surface area contributed by atoms with Crippen LogP contribution in [0.15, 0.2) is 48.5 Å². The predicted molar refractivity (Wildman–Crippen MR) is 151 cm³/mol. The Hall–Kier alpha value is -2.17. The molecule has 4 rings (SSSR count). The van der Waals surface area contributed by atoms with E-state index in [0.29, 0.717) is 35.7 Å². The highest BCUT2D eigenvalue weighted by molar-refractivity contribution is 7.91. The number of sulfonamides is 1. The Kier molecular flexibility index (Phi) is 8.69. The zero-order valence-corrected chi connectivity index (χ0v) is 24.6. The fourth-order valence-electron chi connectivity index (χ4n) is 5.61. The van der Waals surface area contributed by atoms with Crippen LogP contribution in [-0.4, -0.2) is 47.7 Å². The number of hydrogen-bond donors (Lipinski definition) is 3. The molecule has 0 aromatic heterocycles. The molecule has 11 heteroatoms. The van der Waals surface area contributed by atoms with E-state index in [4.69, 9.17) is 23.2 Å². The lowest BCUT2D eigenvalue weighted by molar-refractivity contribution is -0.158. The number of halogens is 2. The third-order valence-corrected chi connectivity index (χ3v) is 11.0. The molecule has 3 N–H and O–H groups in total. The largest absolute Gasteiger partial charge is 0.330 e. The van der Waals surface area contributed by atoms with Crippen LogP contribution in [0.2, 0.25) is 10.0 Å². The van der Waals surface area contributed by atoms with Crippen molar-refractivity contribution in [1.29, 1.82) is 0 Å². The van der Waals surface area contributed by atoms with Crippen molar-refractivity contribution in [1.82, 2.24) is 15.1 Å². The minimum Gasteiger partial charge on any atom is -0.330 e. The molecule has 2 aliphatic rings. The van der Waals surface area contributed by atoms with Crippen LogP contribution in [-0.2, 0) is 19.6 Å². The molecule has 4 unspecified atom stereocenters. The second kappa shape index (κ2) is 11.4. The van der Waals surface area contributed by atoms with Crippen LogP contribution in [0.5, 0.6) is 0 Å². The molecule has 1 saturated heterocycles. The normalized spacial score (nSPS) is 25.3. The number of hydrogen-bond acceptors (Lipinski definition) is 5. The van der Waals surface area contributed by atoms with E-state index in [0.717, 1.165) is 11.1 Å². The fourth-order valence-corrected chi connectivity index (χ4v) is 7.33. The Balaban J connectivity index is 1.83. The SMILES string of the molecule is CCC(CNS(=O)(=O)C1(C)CC1)N1C(=O)C(C)(CC(=O)NO)CC(c2cccc(Cl)c2)C1c1ccc(Cl)cc1. The number of hydroxylamine groups is 1. The van der Waals surface area contributed by atoms with E-state index in [1.54, 1.807) is 42.4 Å². The van der Waals surface area contributed by atoms with Crippen LogP contribution in [0.3, 0.4) is 0 Å². The van der Waals surface area contributed by atoms with E-state index in [1.165, 1.54) is 0 Å². The number of piperidine rings is 1. The van der Waals surface area contributed by atoms with Crippen molar-refractivity contribution in [3.8, 4) is 0 Å². The van der Waals surface area contributed by atoms with Crippen molar-refractivity contribution in [3.05, 3.63) is 69.7 Å². The van der Waals surface area contributed by atoms with Crippen LogP contribution in [0, 0.1) is 5.41 Å². The van der Waals surface area contributed by atoms with Gasteiger partial charge in [0.25, 0.3) is 0 Å². The Morgan fingerprint density at radius 3 is 2.33 bits per heavy atom. The van der Waals surface area contributed by atoms with Crippen molar-refractivity contribution in [3.63, 3.8) is 0 Å². The third-order valence-electron chi connectivity index (χ3n) is 8.24. The van der Waals surface area contributed by atoms with Gasteiger partial charge in [0.1, 0.15) is 0 Å². The summed E-state index contributed by atoms with van der Waals surface area (Å²) in [6, 6.07) is 13.7. The second-order valence-corrected chi connectivity index (χ2v) is 14.4. The molecule has 0 bridgehead atoms. The lowest BCUT2D eigenvalue weighted by Gasteiger charge is -2.52. The van der Waals surface area contributed by atoms with Gasteiger partial charge in [-0.2, -0.15) is 0 Å². The first kappa shape index (κ1) is 29.8. The maximum atomic E-state index is 14.4. The van der Waals surface area contributed by atoms with Crippen LogP contribution >= 0.6 is 23.2 Å². The molecule has 0 radical (unpaired) electrons. The first-order chi connectivity index (χ1) is 18.3. The second-order valence-electron chi connectivity index (χ2n) is 11.2. The maximum absolute atomic E-state index is 14.4. The minimum absolute atomic E-state index is 0.0365. The average Bonchev–Trinajstić information content (AvgIpc) is 3.66. The number of carbonyl (C=O) groups is 2. The van der Waals surface area contributed by atoms with Gasteiger partial charge in [-0.1, -0.05) is 61.3 Å².